The summed E-state index contributed by atoms with van der Waals surface area (Å²) in [7, 11) is 2.10. The van der Waals surface area contributed by atoms with E-state index in [1.807, 2.05) is 23.6 Å². The molecule has 0 aromatic carbocycles. The largest absolute Gasteiger partial charge is 0.341 e. The summed E-state index contributed by atoms with van der Waals surface area (Å²) in [6.45, 7) is 1.98. The van der Waals surface area contributed by atoms with Gasteiger partial charge in [0.05, 0.1) is 4.88 Å². The summed E-state index contributed by atoms with van der Waals surface area (Å²) in [5.74, 6) is 2.51. The smallest absolute Gasteiger partial charge is 0.227 e. The van der Waals surface area contributed by atoms with Crippen molar-refractivity contribution in [2.45, 2.75) is 50.9 Å². The van der Waals surface area contributed by atoms with Crippen LogP contribution in [0.2, 0.25) is 0 Å². The molecule has 0 atom stereocenters. The van der Waals surface area contributed by atoms with E-state index in [0.29, 0.717) is 5.92 Å². The van der Waals surface area contributed by atoms with Gasteiger partial charge in [0.15, 0.2) is 5.82 Å². The van der Waals surface area contributed by atoms with Crippen molar-refractivity contribution in [2.24, 2.45) is 7.05 Å². The molecule has 28 heavy (non-hydrogen) atoms. The van der Waals surface area contributed by atoms with Gasteiger partial charge in [0, 0.05) is 42.8 Å². The first-order valence-electron chi connectivity index (χ1n) is 10.3. The molecule has 1 saturated heterocycles. The Morgan fingerprint density at radius 1 is 1.07 bits per heavy atom. The molecule has 0 saturated carbocycles. The Morgan fingerprint density at radius 2 is 1.93 bits per heavy atom. The van der Waals surface area contributed by atoms with E-state index in [0.717, 1.165) is 43.4 Å². The Kier molecular flexibility index (Phi) is 4.84. The van der Waals surface area contributed by atoms with E-state index >= 15 is 0 Å². The van der Waals surface area contributed by atoms with Gasteiger partial charge in [0.2, 0.25) is 5.95 Å². The molecule has 0 spiro atoms. The molecule has 1 fully saturated rings. The highest BCUT2D eigenvalue weighted by molar-refractivity contribution is 7.15. The Balaban J connectivity index is 1.32. The molecular weight excluding hydrogens is 368 g/mol. The minimum atomic E-state index is 0.514. The lowest BCUT2D eigenvalue weighted by Crippen LogP contribution is -2.34. The number of hydrogen-bond donors (Lipinski definition) is 0. The van der Waals surface area contributed by atoms with Crippen LogP contribution < -0.4 is 4.90 Å². The Morgan fingerprint density at radius 3 is 2.75 bits per heavy atom. The number of piperidine rings is 1. The Labute approximate surface area is 169 Å². The van der Waals surface area contributed by atoms with Crippen molar-refractivity contribution in [3.05, 3.63) is 40.8 Å². The first-order chi connectivity index (χ1) is 13.8. The van der Waals surface area contributed by atoms with Crippen LogP contribution >= 0.6 is 11.3 Å². The maximum atomic E-state index is 4.57. The molecule has 0 amide bonds. The molecule has 0 unspecified atom stereocenters. The van der Waals surface area contributed by atoms with Crippen LogP contribution in [0.4, 0.5) is 5.95 Å². The van der Waals surface area contributed by atoms with Crippen molar-refractivity contribution in [3.63, 3.8) is 0 Å². The molecule has 6 nitrogen and oxygen atoms in total. The Hall–Kier alpha value is -2.28. The lowest BCUT2D eigenvalue weighted by Gasteiger charge is -2.32. The average Bonchev–Trinajstić information content (AvgIpc) is 3.25. The molecule has 4 heterocycles. The minimum absolute atomic E-state index is 0.514. The van der Waals surface area contributed by atoms with Gasteiger partial charge in [-0.1, -0.05) is 6.42 Å². The summed E-state index contributed by atoms with van der Waals surface area (Å²) >= 11 is 1.92. The lowest BCUT2D eigenvalue weighted by atomic mass is 9.93. The van der Waals surface area contributed by atoms with E-state index in [9.17, 15) is 0 Å². The van der Waals surface area contributed by atoms with Gasteiger partial charge in [-0.25, -0.2) is 9.97 Å². The molecular formula is C21H26N6S. The van der Waals surface area contributed by atoms with Gasteiger partial charge < -0.3 is 4.90 Å². The predicted molar refractivity (Wildman–Crippen MR) is 112 cm³/mol. The third-order valence-corrected chi connectivity index (χ3v) is 7.35. The summed E-state index contributed by atoms with van der Waals surface area (Å²) in [6.07, 6.45) is 12.1. The van der Waals surface area contributed by atoms with Gasteiger partial charge in [0.1, 0.15) is 6.33 Å². The van der Waals surface area contributed by atoms with Crippen molar-refractivity contribution in [3.8, 4) is 10.7 Å². The van der Waals surface area contributed by atoms with Gasteiger partial charge in [-0.15, -0.1) is 21.5 Å². The fourth-order valence-electron chi connectivity index (χ4n) is 4.51. The van der Waals surface area contributed by atoms with E-state index in [-0.39, 0.29) is 0 Å². The fourth-order valence-corrected chi connectivity index (χ4v) is 5.78. The maximum Gasteiger partial charge on any atom is 0.227 e. The van der Waals surface area contributed by atoms with Gasteiger partial charge in [-0.3, -0.25) is 4.57 Å². The van der Waals surface area contributed by atoms with Crippen LogP contribution in [0.3, 0.4) is 0 Å². The number of anilines is 1. The monoisotopic (exact) mass is 394 g/mol. The minimum Gasteiger partial charge on any atom is -0.341 e. The quantitative estimate of drug-likeness (QED) is 0.629. The molecule has 146 valence electrons. The second-order valence-electron chi connectivity index (χ2n) is 7.90. The average molecular weight is 395 g/mol. The summed E-state index contributed by atoms with van der Waals surface area (Å²) in [5, 5.41) is 9.12. The number of thiophene rings is 1. The number of hydrogen-bond acceptors (Lipinski definition) is 6. The molecule has 0 N–H and O–H groups in total. The standard InChI is InChI=1S/C21H26N6S/c1-26-20(19-13-16-5-3-2-4-6-18(16)28-19)24-25-21(26)27-11-8-15(9-12-27)17-7-10-22-14-23-17/h7,10,13-15H,2-6,8-9,11-12H2,1H3. The summed E-state index contributed by atoms with van der Waals surface area (Å²) in [5.41, 5.74) is 2.70. The third kappa shape index (κ3) is 3.32. The SMILES string of the molecule is Cn1c(-c2cc3c(s2)CCCCC3)nnc1N1CCC(c2ccncn2)CC1. The fraction of sp³-hybridized carbons (Fsp3) is 0.524. The maximum absolute atomic E-state index is 4.57. The Bertz CT molecular complexity index is 916. The summed E-state index contributed by atoms with van der Waals surface area (Å²) in [4.78, 5) is 13.7. The lowest BCUT2D eigenvalue weighted by molar-refractivity contribution is 0.487. The van der Waals surface area contributed by atoms with E-state index in [1.165, 1.54) is 42.5 Å². The molecule has 0 bridgehead atoms. The van der Waals surface area contributed by atoms with E-state index < -0.39 is 0 Å². The van der Waals surface area contributed by atoms with E-state index in [1.54, 1.807) is 11.2 Å². The van der Waals surface area contributed by atoms with Crippen molar-refractivity contribution >= 4 is 17.3 Å². The molecule has 3 aromatic heterocycles. The van der Waals surface area contributed by atoms with Crippen molar-refractivity contribution in [1.82, 2.24) is 24.7 Å². The first kappa shape index (κ1) is 17.8. The first-order valence-corrected chi connectivity index (χ1v) is 11.1. The van der Waals surface area contributed by atoms with Gasteiger partial charge in [-0.05, 0) is 56.2 Å². The van der Waals surface area contributed by atoms with Gasteiger partial charge in [-0.2, -0.15) is 0 Å². The third-order valence-electron chi connectivity index (χ3n) is 6.12. The predicted octanol–water partition coefficient (Wildman–Crippen LogP) is 3.99. The van der Waals surface area contributed by atoms with Crippen molar-refractivity contribution in [2.75, 3.05) is 18.0 Å². The molecule has 1 aliphatic carbocycles. The molecule has 2 aliphatic rings. The molecule has 3 aromatic rings. The van der Waals surface area contributed by atoms with Crippen molar-refractivity contribution in [1.29, 1.82) is 0 Å². The van der Waals surface area contributed by atoms with Gasteiger partial charge >= 0.3 is 0 Å². The number of aromatic nitrogens is 5. The number of aryl methyl sites for hydroxylation is 2. The molecule has 0 radical (unpaired) electrons. The van der Waals surface area contributed by atoms with Crippen LogP contribution in [-0.4, -0.2) is 37.8 Å². The molecule has 7 heteroatoms. The zero-order valence-electron chi connectivity index (χ0n) is 16.3. The normalized spacial score (nSPS) is 18.1. The highest BCUT2D eigenvalue weighted by atomic mass is 32.1. The van der Waals surface area contributed by atoms with Gasteiger partial charge in [0.25, 0.3) is 0 Å². The zero-order valence-corrected chi connectivity index (χ0v) is 17.2. The summed E-state index contributed by atoms with van der Waals surface area (Å²) < 4.78 is 2.18. The molecule has 5 rings (SSSR count). The highest BCUT2D eigenvalue weighted by Crippen LogP contribution is 2.36. The number of fused-ring (bicyclic) bond motifs is 1. The number of nitrogens with zero attached hydrogens (tertiary/aromatic N) is 6. The van der Waals surface area contributed by atoms with E-state index in [4.69, 9.17) is 0 Å². The van der Waals surface area contributed by atoms with Crippen LogP contribution in [-0.2, 0) is 19.9 Å². The number of rotatable bonds is 3. The summed E-state index contributed by atoms with van der Waals surface area (Å²) in [6, 6.07) is 4.40. The van der Waals surface area contributed by atoms with Crippen LogP contribution in [0.1, 0.15) is 54.2 Å². The van der Waals surface area contributed by atoms with Crippen molar-refractivity contribution < 1.29 is 0 Å². The second kappa shape index (κ2) is 7.62. The highest BCUT2D eigenvalue weighted by Gasteiger charge is 2.26. The van der Waals surface area contributed by atoms with Crippen LogP contribution in [0, 0.1) is 0 Å². The topological polar surface area (TPSA) is 59.7 Å². The van der Waals surface area contributed by atoms with Crippen LogP contribution in [0.5, 0.6) is 0 Å². The molecule has 1 aliphatic heterocycles. The second-order valence-corrected chi connectivity index (χ2v) is 9.03. The van der Waals surface area contributed by atoms with Crippen LogP contribution in [0.25, 0.3) is 10.7 Å². The zero-order chi connectivity index (χ0) is 18.9. The van der Waals surface area contributed by atoms with E-state index in [2.05, 4.69) is 42.7 Å². The van der Waals surface area contributed by atoms with Crippen LogP contribution in [0.15, 0.2) is 24.7 Å².